The molecule has 0 heteroatoms. The summed E-state index contributed by atoms with van der Waals surface area (Å²) in [6.45, 7) is 4.35. The molecule has 0 spiro atoms. The smallest absolute Gasteiger partial charge is 0.0166 e. The van der Waals surface area contributed by atoms with Crippen molar-refractivity contribution in [3.63, 3.8) is 0 Å². The van der Waals surface area contributed by atoms with Crippen molar-refractivity contribution in [2.24, 2.45) is 0 Å². The van der Waals surface area contributed by atoms with Gasteiger partial charge in [0.2, 0.25) is 0 Å². The van der Waals surface area contributed by atoms with Crippen LogP contribution in [0.3, 0.4) is 0 Å². The summed E-state index contributed by atoms with van der Waals surface area (Å²) in [6.07, 6.45) is 17.7. The number of unbranched alkanes of at least 4 members (excludes halogenated alkanes) is 1. The first kappa shape index (κ1) is 11.2. The van der Waals surface area contributed by atoms with Crippen LogP contribution in [0.4, 0.5) is 0 Å². The highest BCUT2D eigenvalue weighted by Crippen LogP contribution is 1.91. The highest BCUT2D eigenvalue weighted by molar-refractivity contribution is 5.04. The van der Waals surface area contributed by atoms with Crippen molar-refractivity contribution in [1.82, 2.24) is 0 Å². The molecule has 0 aromatic heterocycles. The largest absolute Gasteiger partial charge is 0.0885 e. The normalized spacial score (nSPS) is 12.5. The van der Waals surface area contributed by atoms with Crippen LogP contribution in [0, 0.1) is 0 Å². The van der Waals surface area contributed by atoms with Crippen LogP contribution in [-0.4, -0.2) is 0 Å². The minimum atomic E-state index is 1.06. The third-order valence-corrected chi connectivity index (χ3v) is 1.51. The fourth-order valence-electron chi connectivity index (χ4n) is 0.840. The average molecular weight is 164 g/mol. The van der Waals surface area contributed by atoms with E-state index in [1.54, 1.807) is 0 Å². The molecular formula is C12H20. The van der Waals surface area contributed by atoms with Crippen molar-refractivity contribution in [3.05, 3.63) is 36.5 Å². The van der Waals surface area contributed by atoms with E-state index in [-0.39, 0.29) is 0 Å². The molecule has 0 aliphatic rings. The molecule has 68 valence electrons. The maximum atomic E-state index is 2.21. The van der Waals surface area contributed by atoms with Crippen LogP contribution in [0.25, 0.3) is 0 Å². The maximum absolute atomic E-state index is 2.21. The van der Waals surface area contributed by atoms with Gasteiger partial charge in [0.05, 0.1) is 0 Å². The Labute approximate surface area is 76.7 Å². The van der Waals surface area contributed by atoms with Crippen molar-refractivity contribution in [1.29, 1.82) is 0 Å². The summed E-state index contributed by atoms with van der Waals surface area (Å²) >= 11 is 0. The first-order valence-electron chi connectivity index (χ1n) is 4.88. The molecule has 0 aromatic rings. The van der Waals surface area contributed by atoms with Crippen LogP contribution in [-0.2, 0) is 0 Å². The lowest BCUT2D eigenvalue weighted by atomic mass is 10.3. The van der Waals surface area contributed by atoms with Crippen molar-refractivity contribution < 1.29 is 0 Å². The maximum Gasteiger partial charge on any atom is -0.0166 e. The Morgan fingerprint density at radius 2 is 1.58 bits per heavy atom. The number of allylic oxidation sites excluding steroid dienone is 6. The van der Waals surface area contributed by atoms with E-state index in [0.717, 1.165) is 12.8 Å². The van der Waals surface area contributed by atoms with Crippen molar-refractivity contribution in [2.75, 3.05) is 0 Å². The summed E-state index contributed by atoms with van der Waals surface area (Å²) in [4.78, 5) is 0. The summed E-state index contributed by atoms with van der Waals surface area (Å²) in [5.41, 5.74) is 0. The fourth-order valence-corrected chi connectivity index (χ4v) is 0.840. The molecule has 0 saturated carbocycles. The fraction of sp³-hybridized carbons (Fsp3) is 0.500. The number of hydrogen-bond donors (Lipinski definition) is 0. The molecule has 12 heavy (non-hydrogen) atoms. The SMILES string of the molecule is CC/C=C\C/C=C\C=C\CCC. The minimum absolute atomic E-state index is 1.06. The second-order valence-corrected chi connectivity index (χ2v) is 2.76. The van der Waals surface area contributed by atoms with Gasteiger partial charge in [-0.1, -0.05) is 56.7 Å². The lowest BCUT2D eigenvalue weighted by Crippen LogP contribution is -1.60. The third kappa shape index (κ3) is 9.22. The zero-order valence-electron chi connectivity index (χ0n) is 8.29. The Balaban J connectivity index is 3.30. The molecule has 0 unspecified atom stereocenters. The summed E-state index contributed by atoms with van der Waals surface area (Å²) < 4.78 is 0. The molecule has 0 amide bonds. The summed E-state index contributed by atoms with van der Waals surface area (Å²) in [7, 11) is 0. The lowest BCUT2D eigenvalue weighted by molar-refractivity contribution is 0.959. The van der Waals surface area contributed by atoms with E-state index >= 15 is 0 Å². The average Bonchev–Trinajstić information content (AvgIpc) is 2.10. The highest BCUT2D eigenvalue weighted by atomic mass is 13.8. The molecule has 0 rings (SSSR count). The predicted molar refractivity (Wildman–Crippen MR) is 57.2 cm³/mol. The van der Waals surface area contributed by atoms with Crippen LogP contribution in [0.5, 0.6) is 0 Å². The van der Waals surface area contributed by atoms with Gasteiger partial charge in [-0.3, -0.25) is 0 Å². The molecule has 0 N–H and O–H groups in total. The predicted octanol–water partition coefficient (Wildman–Crippen LogP) is 4.26. The lowest BCUT2D eigenvalue weighted by Gasteiger charge is -1.81. The van der Waals surface area contributed by atoms with E-state index in [4.69, 9.17) is 0 Å². The molecule has 0 fully saturated rings. The Kier molecular flexibility index (Phi) is 9.56. The second kappa shape index (κ2) is 10.2. The molecule has 0 nitrogen and oxygen atoms in total. The van der Waals surface area contributed by atoms with Gasteiger partial charge in [-0.2, -0.15) is 0 Å². The number of rotatable bonds is 6. The van der Waals surface area contributed by atoms with E-state index < -0.39 is 0 Å². The van der Waals surface area contributed by atoms with Crippen molar-refractivity contribution in [3.8, 4) is 0 Å². The monoisotopic (exact) mass is 164 g/mol. The molecule has 0 bridgehead atoms. The van der Waals surface area contributed by atoms with Gasteiger partial charge in [-0.25, -0.2) is 0 Å². The molecule has 0 heterocycles. The molecule has 0 saturated heterocycles. The second-order valence-electron chi connectivity index (χ2n) is 2.76. The summed E-state index contributed by atoms with van der Waals surface area (Å²) in [6, 6.07) is 0. The Morgan fingerprint density at radius 3 is 2.25 bits per heavy atom. The van der Waals surface area contributed by atoms with Gasteiger partial charge in [0.15, 0.2) is 0 Å². The topological polar surface area (TPSA) is 0 Å². The van der Waals surface area contributed by atoms with Gasteiger partial charge in [0, 0.05) is 0 Å². The van der Waals surface area contributed by atoms with E-state index in [1.165, 1.54) is 12.8 Å². The third-order valence-electron chi connectivity index (χ3n) is 1.51. The van der Waals surface area contributed by atoms with Gasteiger partial charge < -0.3 is 0 Å². The van der Waals surface area contributed by atoms with E-state index in [0.29, 0.717) is 0 Å². The first-order chi connectivity index (χ1) is 5.91. The molecule has 0 radical (unpaired) electrons. The van der Waals surface area contributed by atoms with Crippen molar-refractivity contribution in [2.45, 2.75) is 39.5 Å². The Hall–Kier alpha value is -0.780. The molecular weight excluding hydrogens is 144 g/mol. The van der Waals surface area contributed by atoms with Crippen LogP contribution >= 0.6 is 0 Å². The molecule has 0 aromatic carbocycles. The van der Waals surface area contributed by atoms with Gasteiger partial charge in [0.25, 0.3) is 0 Å². The van der Waals surface area contributed by atoms with Crippen LogP contribution in [0.15, 0.2) is 36.5 Å². The van der Waals surface area contributed by atoms with Crippen LogP contribution in [0.1, 0.15) is 39.5 Å². The Bertz CT molecular complexity index is 149. The standard InChI is InChI=1S/C12H20/c1-3-5-7-9-11-12-10-8-6-4-2/h5,7-8,10-12H,3-4,6,9H2,1-2H3/b7-5-,10-8+,12-11-. The quantitative estimate of drug-likeness (QED) is 0.406. The molecule has 0 aliphatic heterocycles. The van der Waals surface area contributed by atoms with Gasteiger partial charge in [-0.15, -0.1) is 0 Å². The van der Waals surface area contributed by atoms with Gasteiger partial charge >= 0.3 is 0 Å². The Morgan fingerprint density at radius 1 is 0.833 bits per heavy atom. The summed E-state index contributed by atoms with van der Waals surface area (Å²) in [5.74, 6) is 0. The van der Waals surface area contributed by atoms with Gasteiger partial charge in [0.1, 0.15) is 0 Å². The minimum Gasteiger partial charge on any atom is -0.0885 e. The zero-order chi connectivity index (χ0) is 9.07. The number of hydrogen-bond acceptors (Lipinski definition) is 0. The van der Waals surface area contributed by atoms with Crippen LogP contribution < -0.4 is 0 Å². The molecule has 0 atom stereocenters. The van der Waals surface area contributed by atoms with E-state index in [1.807, 2.05) is 0 Å². The van der Waals surface area contributed by atoms with Crippen molar-refractivity contribution >= 4 is 0 Å². The summed E-state index contributed by atoms with van der Waals surface area (Å²) in [5, 5.41) is 0. The first-order valence-corrected chi connectivity index (χ1v) is 4.88. The van der Waals surface area contributed by atoms with Crippen LogP contribution in [0.2, 0.25) is 0 Å². The van der Waals surface area contributed by atoms with E-state index in [9.17, 15) is 0 Å². The zero-order valence-corrected chi connectivity index (χ0v) is 8.29. The highest BCUT2D eigenvalue weighted by Gasteiger charge is 1.70. The van der Waals surface area contributed by atoms with Gasteiger partial charge in [-0.05, 0) is 19.3 Å². The molecule has 0 aliphatic carbocycles. The van der Waals surface area contributed by atoms with E-state index in [2.05, 4.69) is 50.3 Å².